The fourth-order valence-electron chi connectivity index (χ4n) is 4.27. The van der Waals surface area contributed by atoms with Gasteiger partial charge in [0.2, 0.25) is 17.7 Å². The molecule has 11 heteroatoms. The molecule has 0 N–H and O–H groups in total. The van der Waals surface area contributed by atoms with Crippen molar-refractivity contribution in [2.24, 2.45) is 7.05 Å². The summed E-state index contributed by atoms with van der Waals surface area (Å²) in [6, 6.07) is 1.22. The van der Waals surface area contributed by atoms with Gasteiger partial charge >= 0.3 is 0 Å². The summed E-state index contributed by atoms with van der Waals surface area (Å²) in [7, 11) is 3.20. The molecule has 4 heterocycles. The molecule has 34 heavy (non-hydrogen) atoms. The molecule has 1 saturated carbocycles. The first-order valence-electron chi connectivity index (χ1n) is 11.3. The maximum Gasteiger partial charge on any atom is 0.243 e. The maximum atomic E-state index is 14.7. The van der Waals surface area contributed by atoms with E-state index >= 15 is 0 Å². The maximum absolute atomic E-state index is 14.7. The van der Waals surface area contributed by atoms with Crippen molar-refractivity contribution in [2.45, 2.75) is 57.5 Å². The smallest absolute Gasteiger partial charge is 0.243 e. The quantitative estimate of drug-likeness (QED) is 0.412. The van der Waals surface area contributed by atoms with Crippen LogP contribution in [-0.2, 0) is 7.05 Å². The minimum Gasteiger partial charge on any atom is -0.481 e. The molecule has 0 aliphatic heterocycles. The van der Waals surface area contributed by atoms with Gasteiger partial charge in [-0.2, -0.15) is 15.1 Å². The van der Waals surface area contributed by atoms with Crippen LogP contribution in [0.2, 0.25) is 0 Å². The Morgan fingerprint density at radius 1 is 1.15 bits per heavy atom. The molecule has 5 rings (SSSR count). The first kappa shape index (κ1) is 22.2. The van der Waals surface area contributed by atoms with Gasteiger partial charge < -0.3 is 14.0 Å². The van der Waals surface area contributed by atoms with E-state index in [0.717, 1.165) is 31.5 Å². The van der Waals surface area contributed by atoms with Crippen LogP contribution in [-0.4, -0.2) is 48.1 Å². The van der Waals surface area contributed by atoms with Crippen molar-refractivity contribution in [2.75, 3.05) is 7.11 Å². The molecule has 0 atom stereocenters. The van der Waals surface area contributed by atoms with E-state index in [0.29, 0.717) is 28.5 Å². The van der Waals surface area contributed by atoms with Crippen molar-refractivity contribution in [3.63, 3.8) is 0 Å². The highest BCUT2D eigenvalue weighted by Gasteiger charge is 2.29. The average Bonchev–Trinajstić information content (AvgIpc) is 3.46. The highest BCUT2D eigenvalue weighted by atomic mass is 19.1. The lowest BCUT2D eigenvalue weighted by Gasteiger charge is -2.26. The number of hydrogen-bond donors (Lipinski definition) is 0. The summed E-state index contributed by atoms with van der Waals surface area (Å²) in [6.45, 7) is 4.09. The van der Waals surface area contributed by atoms with Crippen LogP contribution < -0.4 is 9.47 Å². The summed E-state index contributed by atoms with van der Waals surface area (Å²) in [6.07, 6.45) is 6.22. The van der Waals surface area contributed by atoms with Gasteiger partial charge in [-0.1, -0.05) is 19.0 Å². The number of aromatic nitrogens is 7. The van der Waals surface area contributed by atoms with Crippen LogP contribution in [0.1, 0.15) is 63.1 Å². The van der Waals surface area contributed by atoms with Crippen LogP contribution in [0, 0.1) is 5.82 Å². The summed E-state index contributed by atoms with van der Waals surface area (Å²) in [5, 5.41) is 8.57. The molecule has 0 saturated heterocycles. The molecule has 1 fully saturated rings. The highest BCUT2D eigenvalue weighted by Crippen LogP contribution is 2.36. The molecule has 4 aromatic rings. The van der Waals surface area contributed by atoms with E-state index in [9.17, 15) is 4.39 Å². The van der Waals surface area contributed by atoms with Crippen LogP contribution >= 0.6 is 0 Å². The predicted octanol–water partition coefficient (Wildman–Crippen LogP) is 4.18. The number of rotatable bonds is 6. The Morgan fingerprint density at radius 3 is 2.62 bits per heavy atom. The molecule has 178 valence electrons. The Hall–Kier alpha value is -3.63. The zero-order valence-electron chi connectivity index (χ0n) is 19.5. The molecule has 0 amide bonds. The highest BCUT2D eigenvalue weighted by molar-refractivity contribution is 5.92. The minimum atomic E-state index is -0.493. The van der Waals surface area contributed by atoms with Gasteiger partial charge in [-0.3, -0.25) is 4.68 Å². The number of methoxy groups -OCH3 is 1. The van der Waals surface area contributed by atoms with Gasteiger partial charge in [-0.05, 0) is 25.7 Å². The third-order valence-corrected chi connectivity index (χ3v) is 6.15. The van der Waals surface area contributed by atoms with Gasteiger partial charge in [0.15, 0.2) is 5.82 Å². The topological polar surface area (TPSA) is 114 Å². The Bertz CT molecular complexity index is 1310. The Kier molecular flexibility index (Phi) is 5.84. The van der Waals surface area contributed by atoms with Crippen molar-refractivity contribution in [1.82, 2.24) is 34.9 Å². The largest absolute Gasteiger partial charge is 0.481 e. The Balaban J connectivity index is 1.35. The number of fused-ring (bicyclic) bond motifs is 1. The van der Waals surface area contributed by atoms with Gasteiger partial charge in [0.25, 0.3) is 0 Å². The molecule has 0 unspecified atom stereocenters. The first-order chi connectivity index (χ1) is 16.4. The Morgan fingerprint density at radius 2 is 1.94 bits per heavy atom. The summed E-state index contributed by atoms with van der Waals surface area (Å²) in [5.74, 6) is 2.05. The van der Waals surface area contributed by atoms with E-state index in [4.69, 9.17) is 14.0 Å². The molecule has 4 aromatic heterocycles. The van der Waals surface area contributed by atoms with Gasteiger partial charge in [-0.15, -0.1) is 0 Å². The monoisotopic (exact) mass is 467 g/mol. The van der Waals surface area contributed by atoms with Crippen molar-refractivity contribution < 1.29 is 18.4 Å². The molecule has 0 radical (unpaired) electrons. The molecule has 0 aromatic carbocycles. The molecular formula is C23H26FN7O3. The standard InChI is InChI=1S/C23H26FN7O3/c1-12(2)21-28-22(34-30-21)13-5-7-14(8-6-13)33-23-20-19(26-11-27-23)18(29-31(20)3)15-10-25-17(32-4)9-16(15)24/h9-14H,5-8H2,1-4H3. The van der Waals surface area contributed by atoms with Crippen LogP contribution in [0.5, 0.6) is 11.8 Å². The number of aryl methyl sites for hydroxylation is 1. The fraction of sp³-hybridized carbons (Fsp3) is 0.478. The van der Waals surface area contributed by atoms with E-state index in [1.807, 2.05) is 13.8 Å². The van der Waals surface area contributed by atoms with Crippen LogP contribution in [0.15, 0.2) is 23.1 Å². The van der Waals surface area contributed by atoms with E-state index in [-0.39, 0.29) is 29.4 Å². The lowest BCUT2D eigenvalue weighted by molar-refractivity contribution is 0.135. The SMILES string of the molecule is COc1cc(F)c(-c2nn(C)c3c(OC4CCC(c5nc(C(C)C)no5)CC4)ncnc23)cn1. The second-order valence-corrected chi connectivity index (χ2v) is 8.79. The molecular weight excluding hydrogens is 441 g/mol. The van der Waals surface area contributed by atoms with Crippen molar-refractivity contribution in [3.05, 3.63) is 36.1 Å². The minimum absolute atomic E-state index is 0.0143. The number of nitrogens with zero attached hydrogens (tertiary/aromatic N) is 7. The van der Waals surface area contributed by atoms with Gasteiger partial charge in [0.05, 0.1) is 12.7 Å². The van der Waals surface area contributed by atoms with Gasteiger partial charge in [-0.25, -0.2) is 14.4 Å². The molecule has 0 spiro atoms. The lowest BCUT2D eigenvalue weighted by Crippen LogP contribution is -2.24. The molecule has 1 aliphatic rings. The predicted molar refractivity (Wildman–Crippen MR) is 120 cm³/mol. The van der Waals surface area contributed by atoms with E-state index in [1.54, 1.807) is 11.7 Å². The zero-order valence-corrected chi connectivity index (χ0v) is 19.5. The van der Waals surface area contributed by atoms with Crippen LogP contribution in [0.3, 0.4) is 0 Å². The summed E-state index contributed by atoms with van der Waals surface area (Å²) < 4.78 is 33.1. The van der Waals surface area contributed by atoms with Crippen molar-refractivity contribution in [1.29, 1.82) is 0 Å². The second kappa shape index (κ2) is 8.96. The molecule has 0 bridgehead atoms. The number of hydrogen-bond acceptors (Lipinski definition) is 9. The molecule has 1 aliphatic carbocycles. The summed E-state index contributed by atoms with van der Waals surface area (Å²) in [4.78, 5) is 17.4. The normalized spacial score (nSPS) is 18.5. The number of halogens is 1. The molecule has 10 nitrogen and oxygen atoms in total. The van der Waals surface area contributed by atoms with Crippen LogP contribution in [0.25, 0.3) is 22.3 Å². The van der Waals surface area contributed by atoms with E-state index in [2.05, 4.69) is 30.2 Å². The summed E-state index contributed by atoms with van der Waals surface area (Å²) >= 11 is 0. The average molecular weight is 468 g/mol. The summed E-state index contributed by atoms with van der Waals surface area (Å²) in [5.41, 5.74) is 1.71. The third kappa shape index (κ3) is 4.06. The van der Waals surface area contributed by atoms with Gasteiger partial charge in [0, 0.05) is 31.1 Å². The van der Waals surface area contributed by atoms with Crippen molar-refractivity contribution in [3.8, 4) is 23.0 Å². The third-order valence-electron chi connectivity index (χ3n) is 6.15. The zero-order chi connectivity index (χ0) is 23.8. The van der Waals surface area contributed by atoms with Crippen LogP contribution in [0.4, 0.5) is 4.39 Å². The van der Waals surface area contributed by atoms with E-state index in [1.165, 1.54) is 25.7 Å². The lowest BCUT2D eigenvalue weighted by atomic mass is 9.87. The Labute approximate surface area is 195 Å². The second-order valence-electron chi connectivity index (χ2n) is 8.79. The number of pyridine rings is 1. The van der Waals surface area contributed by atoms with Gasteiger partial charge in [0.1, 0.15) is 35.0 Å². The van der Waals surface area contributed by atoms with Crippen molar-refractivity contribution >= 4 is 11.0 Å². The number of ether oxygens (including phenoxy) is 2. The fourth-order valence-corrected chi connectivity index (χ4v) is 4.27. The van der Waals surface area contributed by atoms with E-state index < -0.39 is 5.82 Å². The first-order valence-corrected chi connectivity index (χ1v) is 11.3.